The molecule has 0 aliphatic rings. The summed E-state index contributed by atoms with van der Waals surface area (Å²) < 4.78 is 5.27. The van der Waals surface area contributed by atoms with Crippen molar-refractivity contribution in [2.75, 3.05) is 19.1 Å². The lowest BCUT2D eigenvalue weighted by Gasteiger charge is -2.14. The molecule has 0 saturated carbocycles. The molecule has 0 amide bonds. The van der Waals surface area contributed by atoms with Crippen molar-refractivity contribution in [1.82, 2.24) is 10.3 Å². The van der Waals surface area contributed by atoms with Crippen LogP contribution in [0.1, 0.15) is 29.3 Å². The average molecular weight is 326 g/mol. The quantitative estimate of drug-likeness (QED) is 0.806. The van der Waals surface area contributed by atoms with Crippen molar-refractivity contribution in [2.24, 2.45) is 0 Å². The van der Waals surface area contributed by atoms with E-state index in [1.54, 1.807) is 29.8 Å². The number of rotatable bonds is 8. The Morgan fingerprint density at radius 3 is 2.86 bits per heavy atom. The topological polar surface area (TPSA) is 37.4 Å². The Hall–Kier alpha value is -0.950. The number of methoxy groups -OCH3 is 1. The second-order valence-electron chi connectivity index (χ2n) is 5.27. The number of thiazole rings is 1. The Balaban J connectivity index is 2.09. The van der Waals surface area contributed by atoms with Gasteiger partial charge in [-0.1, -0.05) is 19.9 Å². The molecule has 0 aromatic carbocycles. The number of nitrogens with zero attached hydrogens (tertiary/aromatic N) is 2. The summed E-state index contributed by atoms with van der Waals surface area (Å²) in [5.74, 6) is 0. The van der Waals surface area contributed by atoms with Crippen molar-refractivity contribution in [3.8, 4) is 0 Å². The minimum Gasteiger partial charge on any atom is -0.378 e. The second kappa shape index (κ2) is 7.89. The summed E-state index contributed by atoms with van der Waals surface area (Å²) in [5, 5.41) is 6.62. The molecule has 2 heterocycles. The van der Waals surface area contributed by atoms with E-state index in [4.69, 9.17) is 9.72 Å². The van der Waals surface area contributed by atoms with Crippen LogP contribution in [0.15, 0.2) is 17.5 Å². The highest BCUT2D eigenvalue weighted by Gasteiger charge is 2.14. The molecule has 0 unspecified atom stereocenters. The van der Waals surface area contributed by atoms with Crippen molar-refractivity contribution in [3.05, 3.63) is 33.0 Å². The summed E-state index contributed by atoms with van der Waals surface area (Å²) >= 11 is 3.53. The van der Waals surface area contributed by atoms with Crippen LogP contribution in [0.5, 0.6) is 0 Å². The Morgan fingerprint density at radius 2 is 2.24 bits per heavy atom. The molecule has 0 fully saturated rings. The molecule has 21 heavy (non-hydrogen) atoms. The third kappa shape index (κ3) is 4.78. The van der Waals surface area contributed by atoms with E-state index in [1.165, 1.54) is 9.75 Å². The van der Waals surface area contributed by atoms with Crippen LogP contribution in [0.2, 0.25) is 0 Å². The first-order chi connectivity index (χ1) is 10.1. The highest BCUT2D eigenvalue weighted by Crippen LogP contribution is 2.28. The lowest BCUT2D eigenvalue weighted by atomic mass is 10.3. The van der Waals surface area contributed by atoms with E-state index in [0.717, 1.165) is 23.9 Å². The van der Waals surface area contributed by atoms with E-state index < -0.39 is 0 Å². The van der Waals surface area contributed by atoms with Crippen molar-refractivity contribution in [2.45, 2.75) is 39.6 Å². The molecule has 2 aromatic heterocycles. The van der Waals surface area contributed by atoms with Crippen LogP contribution >= 0.6 is 22.7 Å². The zero-order valence-electron chi connectivity index (χ0n) is 13.0. The molecule has 4 nitrogen and oxygen atoms in total. The van der Waals surface area contributed by atoms with Crippen LogP contribution in [0.3, 0.4) is 0 Å². The fourth-order valence-electron chi connectivity index (χ4n) is 1.92. The van der Waals surface area contributed by atoms with Gasteiger partial charge in [-0.3, -0.25) is 0 Å². The first-order valence-electron chi connectivity index (χ1n) is 7.04. The number of anilines is 1. The fourth-order valence-corrected chi connectivity index (χ4v) is 3.65. The molecule has 0 aliphatic carbocycles. The third-order valence-electron chi connectivity index (χ3n) is 3.02. The molecule has 0 bridgehead atoms. The number of ether oxygens (including phenoxy) is 1. The van der Waals surface area contributed by atoms with E-state index >= 15 is 0 Å². The maximum atomic E-state index is 5.27. The molecular weight excluding hydrogens is 302 g/mol. The zero-order chi connectivity index (χ0) is 15.2. The summed E-state index contributed by atoms with van der Waals surface area (Å²) in [6.07, 6.45) is 0. The van der Waals surface area contributed by atoms with Crippen molar-refractivity contribution >= 4 is 27.8 Å². The maximum Gasteiger partial charge on any atom is 0.185 e. The maximum absolute atomic E-state index is 5.27. The van der Waals surface area contributed by atoms with Crippen LogP contribution < -0.4 is 10.2 Å². The van der Waals surface area contributed by atoms with Gasteiger partial charge in [0.25, 0.3) is 0 Å². The standard InChI is InChI=1S/C15H23N3OS2/c1-11(2)16-8-14-13(10-19-4)17-15(21-14)18(3)9-12-6-5-7-20-12/h5-7,11,16H,8-10H2,1-4H3. The zero-order valence-corrected chi connectivity index (χ0v) is 14.7. The normalized spacial score (nSPS) is 11.3. The minimum absolute atomic E-state index is 0.467. The Morgan fingerprint density at radius 1 is 1.43 bits per heavy atom. The molecule has 0 atom stereocenters. The van der Waals surface area contributed by atoms with Gasteiger partial charge in [-0.05, 0) is 11.4 Å². The third-order valence-corrected chi connectivity index (χ3v) is 5.09. The van der Waals surface area contributed by atoms with E-state index in [-0.39, 0.29) is 0 Å². The van der Waals surface area contributed by atoms with Gasteiger partial charge in [0.1, 0.15) is 0 Å². The predicted molar refractivity (Wildman–Crippen MR) is 91.2 cm³/mol. The molecule has 0 spiro atoms. The molecule has 0 saturated heterocycles. The first-order valence-corrected chi connectivity index (χ1v) is 8.74. The van der Waals surface area contributed by atoms with Gasteiger partial charge in [-0.2, -0.15) is 0 Å². The van der Waals surface area contributed by atoms with Gasteiger partial charge in [0.15, 0.2) is 5.13 Å². The predicted octanol–water partition coefficient (Wildman–Crippen LogP) is 3.49. The van der Waals surface area contributed by atoms with Gasteiger partial charge in [-0.25, -0.2) is 4.98 Å². The number of aromatic nitrogens is 1. The van der Waals surface area contributed by atoms with E-state index in [1.807, 2.05) is 0 Å². The van der Waals surface area contributed by atoms with Gasteiger partial charge >= 0.3 is 0 Å². The van der Waals surface area contributed by atoms with E-state index in [9.17, 15) is 0 Å². The largest absolute Gasteiger partial charge is 0.378 e. The number of thiophene rings is 1. The number of hydrogen-bond acceptors (Lipinski definition) is 6. The average Bonchev–Trinajstić information content (AvgIpc) is 3.06. The van der Waals surface area contributed by atoms with Crippen LogP contribution in [0.25, 0.3) is 0 Å². The summed E-state index contributed by atoms with van der Waals surface area (Å²) in [4.78, 5) is 9.56. The van der Waals surface area contributed by atoms with Crippen molar-refractivity contribution in [3.63, 3.8) is 0 Å². The van der Waals surface area contributed by atoms with Crippen LogP contribution in [0.4, 0.5) is 5.13 Å². The Bertz CT molecular complexity index is 537. The molecule has 2 aromatic rings. The number of nitrogens with one attached hydrogen (secondary N) is 1. The molecular formula is C15H23N3OS2. The van der Waals surface area contributed by atoms with E-state index in [2.05, 4.69) is 48.6 Å². The fraction of sp³-hybridized carbons (Fsp3) is 0.533. The van der Waals surface area contributed by atoms with Gasteiger partial charge < -0.3 is 15.0 Å². The van der Waals surface area contributed by atoms with Gasteiger partial charge in [0, 0.05) is 36.5 Å². The molecule has 0 aliphatic heterocycles. The molecule has 1 N–H and O–H groups in total. The molecule has 116 valence electrons. The van der Waals surface area contributed by atoms with Gasteiger partial charge in [0.05, 0.1) is 18.8 Å². The van der Waals surface area contributed by atoms with Crippen LogP contribution in [-0.2, 0) is 24.4 Å². The SMILES string of the molecule is COCc1nc(N(C)Cc2cccs2)sc1CNC(C)C. The smallest absolute Gasteiger partial charge is 0.185 e. The Kier molecular flexibility index (Phi) is 6.17. The van der Waals surface area contributed by atoms with Crippen molar-refractivity contribution < 1.29 is 4.74 Å². The Labute approximate surface area is 134 Å². The van der Waals surface area contributed by atoms with Crippen LogP contribution in [-0.4, -0.2) is 25.2 Å². The molecule has 0 radical (unpaired) electrons. The van der Waals surface area contributed by atoms with Crippen molar-refractivity contribution in [1.29, 1.82) is 0 Å². The molecule has 2 rings (SSSR count). The second-order valence-corrected chi connectivity index (χ2v) is 7.36. The van der Waals surface area contributed by atoms with Gasteiger partial charge in [0.2, 0.25) is 0 Å². The summed E-state index contributed by atoms with van der Waals surface area (Å²) in [6.45, 7) is 6.62. The lowest BCUT2D eigenvalue weighted by molar-refractivity contribution is 0.181. The summed E-state index contributed by atoms with van der Waals surface area (Å²) in [7, 11) is 3.81. The summed E-state index contributed by atoms with van der Waals surface area (Å²) in [6, 6.07) is 4.71. The monoisotopic (exact) mass is 325 g/mol. The lowest BCUT2D eigenvalue weighted by Crippen LogP contribution is -2.21. The van der Waals surface area contributed by atoms with Crippen LogP contribution in [0, 0.1) is 0 Å². The first kappa shape index (κ1) is 16.4. The highest BCUT2D eigenvalue weighted by molar-refractivity contribution is 7.15. The highest BCUT2D eigenvalue weighted by atomic mass is 32.1. The molecule has 6 heteroatoms. The number of hydrogen-bond donors (Lipinski definition) is 1. The van der Waals surface area contributed by atoms with Gasteiger partial charge in [-0.15, -0.1) is 22.7 Å². The summed E-state index contributed by atoms with van der Waals surface area (Å²) in [5.41, 5.74) is 1.05. The minimum atomic E-state index is 0.467. The van der Waals surface area contributed by atoms with E-state index in [0.29, 0.717) is 12.6 Å².